The highest BCUT2D eigenvalue weighted by Crippen LogP contribution is 2.23. The molecule has 0 unspecified atom stereocenters. The second kappa shape index (κ2) is 7.98. The van der Waals surface area contributed by atoms with Crippen LogP contribution in [-0.2, 0) is 6.54 Å². The Morgan fingerprint density at radius 2 is 2.25 bits per heavy atom. The highest BCUT2D eigenvalue weighted by atomic mass is 79.9. The van der Waals surface area contributed by atoms with E-state index in [1.165, 1.54) is 5.56 Å². The molecule has 0 aliphatic heterocycles. The quantitative estimate of drug-likeness (QED) is 0.781. The zero-order valence-corrected chi connectivity index (χ0v) is 12.2. The fourth-order valence-electron chi connectivity index (χ4n) is 1.40. The fraction of sp³-hybridized carbons (Fsp3) is 0.500. The number of halogens is 1. The standard InChI is InChI=1S/C12H18BrNOS/c1-14-9-10-8-11(13)4-5-12(10)15-6-3-7-16-2/h4-5,8,14H,3,6-7,9H2,1-2H3. The Kier molecular flexibility index (Phi) is 6.92. The fourth-order valence-corrected chi connectivity index (χ4v) is 2.22. The third kappa shape index (κ3) is 4.76. The zero-order chi connectivity index (χ0) is 11.8. The van der Waals surface area contributed by atoms with Gasteiger partial charge in [-0.05, 0) is 43.7 Å². The SMILES string of the molecule is CNCc1cc(Br)ccc1OCCCSC. The van der Waals surface area contributed by atoms with Crippen LogP contribution in [0.5, 0.6) is 5.75 Å². The maximum atomic E-state index is 5.77. The molecule has 1 aromatic rings. The highest BCUT2D eigenvalue weighted by molar-refractivity contribution is 9.10. The van der Waals surface area contributed by atoms with Gasteiger partial charge in [0.25, 0.3) is 0 Å². The van der Waals surface area contributed by atoms with Crippen LogP contribution in [0.4, 0.5) is 0 Å². The molecule has 0 heterocycles. The largest absolute Gasteiger partial charge is 0.493 e. The predicted molar refractivity (Wildman–Crippen MR) is 75.4 cm³/mol. The Hall–Kier alpha value is -0.190. The third-order valence-electron chi connectivity index (χ3n) is 2.14. The van der Waals surface area contributed by atoms with Crippen LogP contribution in [-0.4, -0.2) is 25.7 Å². The molecule has 0 saturated heterocycles. The lowest BCUT2D eigenvalue weighted by atomic mass is 10.2. The first-order valence-corrected chi connectivity index (χ1v) is 7.51. The minimum atomic E-state index is 0.791. The van der Waals surface area contributed by atoms with Crippen molar-refractivity contribution in [2.24, 2.45) is 0 Å². The molecular formula is C12H18BrNOS. The van der Waals surface area contributed by atoms with Crippen molar-refractivity contribution in [1.29, 1.82) is 0 Å². The predicted octanol–water partition coefficient (Wildman–Crippen LogP) is 3.30. The van der Waals surface area contributed by atoms with Crippen LogP contribution >= 0.6 is 27.7 Å². The molecule has 1 rings (SSSR count). The van der Waals surface area contributed by atoms with E-state index >= 15 is 0 Å². The minimum Gasteiger partial charge on any atom is -0.493 e. The molecule has 4 heteroatoms. The molecule has 2 nitrogen and oxygen atoms in total. The van der Waals surface area contributed by atoms with Gasteiger partial charge < -0.3 is 10.1 Å². The van der Waals surface area contributed by atoms with Crippen LogP contribution in [0.25, 0.3) is 0 Å². The van der Waals surface area contributed by atoms with E-state index in [1.54, 1.807) is 0 Å². The number of hydrogen-bond donors (Lipinski definition) is 1. The average molecular weight is 304 g/mol. The average Bonchev–Trinajstić information content (AvgIpc) is 2.27. The number of rotatable bonds is 7. The van der Waals surface area contributed by atoms with E-state index in [-0.39, 0.29) is 0 Å². The topological polar surface area (TPSA) is 21.3 Å². The first-order valence-electron chi connectivity index (χ1n) is 5.32. The normalized spacial score (nSPS) is 10.4. The van der Waals surface area contributed by atoms with Gasteiger partial charge in [0, 0.05) is 16.6 Å². The first-order chi connectivity index (χ1) is 7.77. The Balaban J connectivity index is 2.56. The van der Waals surface area contributed by atoms with Gasteiger partial charge in [0.05, 0.1) is 6.61 Å². The lowest BCUT2D eigenvalue weighted by Crippen LogP contribution is -2.08. The molecule has 0 atom stereocenters. The molecule has 0 bridgehead atoms. The second-order valence-electron chi connectivity index (χ2n) is 3.48. The van der Waals surface area contributed by atoms with E-state index in [4.69, 9.17) is 4.74 Å². The smallest absolute Gasteiger partial charge is 0.123 e. The molecule has 16 heavy (non-hydrogen) atoms. The molecule has 0 aliphatic carbocycles. The van der Waals surface area contributed by atoms with Crippen LogP contribution in [0.2, 0.25) is 0 Å². The summed E-state index contributed by atoms with van der Waals surface area (Å²) in [5, 5.41) is 3.15. The summed E-state index contributed by atoms with van der Waals surface area (Å²) in [5.41, 5.74) is 1.20. The van der Waals surface area contributed by atoms with Crippen molar-refractivity contribution < 1.29 is 4.74 Å². The van der Waals surface area contributed by atoms with Crippen molar-refractivity contribution in [3.63, 3.8) is 0 Å². The van der Waals surface area contributed by atoms with Crippen LogP contribution in [0, 0.1) is 0 Å². The molecule has 0 aliphatic rings. The zero-order valence-electron chi connectivity index (χ0n) is 9.75. The number of hydrogen-bond acceptors (Lipinski definition) is 3. The summed E-state index contributed by atoms with van der Waals surface area (Å²) in [7, 11) is 1.94. The molecule has 90 valence electrons. The van der Waals surface area contributed by atoms with E-state index in [0.717, 1.165) is 35.5 Å². The first kappa shape index (κ1) is 13.9. The lowest BCUT2D eigenvalue weighted by Gasteiger charge is -2.11. The summed E-state index contributed by atoms with van der Waals surface area (Å²) < 4.78 is 6.86. The molecule has 1 N–H and O–H groups in total. The van der Waals surface area contributed by atoms with Crippen LogP contribution in [0.15, 0.2) is 22.7 Å². The number of ether oxygens (including phenoxy) is 1. The summed E-state index contributed by atoms with van der Waals surface area (Å²) in [6.07, 6.45) is 3.21. The van der Waals surface area contributed by atoms with Crippen LogP contribution in [0.3, 0.4) is 0 Å². The maximum absolute atomic E-state index is 5.77. The van der Waals surface area contributed by atoms with Gasteiger partial charge in [0.2, 0.25) is 0 Å². The Morgan fingerprint density at radius 1 is 1.44 bits per heavy atom. The summed E-state index contributed by atoms with van der Waals surface area (Å²) >= 11 is 5.33. The van der Waals surface area contributed by atoms with Gasteiger partial charge in [0.1, 0.15) is 5.75 Å². The van der Waals surface area contributed by atoms with Gasteiger partial charge in [-0.2, -0.15) is 11.8 Å². The van der Waals surface area contributed by atoms with Crippen molar-refractivity contribution in [1.82, 2.24) is 5.32 Å². The summed E-state index contributed by atoms with van der Waals surface area (Å²) in [6.45, 7) is 1.62. The molecule has 1 aromatic carbocycles. The molecule has 0 spiro atoms. The van der Waals surface area contributed by atoms with E-state index in [0.29, 0.717) is 0 Å². The van der Waals surface area contributed by atoms with Gasteiger partial charge in [-0.3, -0.25) is 0 Å². The van der Waals surface area contributed by atoms with E-state index < -0.39 is 0 Å². The van der Waals surface area contributed by atoms with Gasteiger partial charge in [-0.1, -0.05) is 15.9 Å². The molecule has 0 fully saturated rings. The Labute approximate surface area is 110 Å². The number of benzene rings is 1. The van der Waals surface area contributed by atoms with Gasteiger partial charge in [-0.25, -0.2) is 0 Å². The maximum Gasteiger partial charge on any atom is 0.123 e. The molecular weight excluding hydrogens is 286 g/mol. The summed E-state index contributed by atoms with van der Waals surface area (Å²) in [5.74, 6) is 2.14. The highest BCUT2D eigenvalue weighted by Gasteiger charge is 2.03. The minimum absolute atomic E-state index is 0.791. The molecule has 0 saturated carbocycles. The monoisotopic (exact) mass is 303 g/mol. The van der Waals surface area contributed by atoms with Gasteiger partial charge in [-0.15, -0.1) is 0 Å². The second-order valence-corrected chi connectivity index (χ2v) is 5.38. The van der Waals surface area contributed by atoms with Crippen LogP contribution < -0.4 is 10.1 Å². The van der Waals surface area contributed by atoms with E-state index in [2.05, 4.69) is 33.6 Å². The van der Waals surface area contributed by atoms with Crippen molar-refractivity contribution in [2.75, 3.05) is 25.7 Å². The van der Waals surface area contributed by atoms with E-state index in [1.807, 2.05) is 30.9 Å². The van der Waals surface area contributed by atoms with Gasteiger partial charge in [0.15, 0.2) is 0 Å². The molecule has 0 amide bonds. The van der Waals surface area contributed by atoms with Crippen molar-refractivity contribution in [3.8, 4) is 5.75 Å². The molecule has 0 aromatic heterocycles. The van der Waals surface area contributed by atoms with Crippen molar-refractivity contribution >= 4 is 27.7 Å². The van der Waals surface area contributed by atoms with Gasteiger partial charge >= 0.3 is 0 Å². The van der Waals surface area contributed by atoms with Crippen LogP contribution in [0.1, 0.15) is 12.0 Å². The number of thioether (sulfide) groups is 1. The Morgan fingerprint density at radius 3 is 2.94 bits per heavy atom. The summed E-state index contributed by atoms with van der Waals surface area (Å²) in [4.78, 5) is 0. The Bertz CT molecular complexity index is 320. The van der Waals surface area contributed by atoms with Crippen molar-refractivity contribution in [2.45, 2.75) is 13.0 Å². The third-order valence-corrected chi connectivity index (χ3v) is 3.33. The van der Waals surface area contributed by atoms with Crippen molar-refractivity contribution in [3.05, 3.63) is 28.2 Å². The molecule has 0 radical (unpaired) electrons. The lowest BCUT2D eigenvalue weighted by molar-refractivity contribution is 0.315. The summed E-state index contributed by atoms with van der Waals surface area (Å²) in [6, 6.07) is 6.14. The van der Waals surface area contributed by atoms with E-state index in [9.17, 15) is 0 Å². The number of nitrogens with one attached hydrogen (secondary N) is 1.